The number of hydrogen-bond acceptors (Lipinski definition) is 2. The Balaban J connectivity index is 1.98. The van der Waals surface area contributed by atoms with Crippen molar-refractivity contribution in [2.45, 2.75) is 26.4 Å². The highest BCUT2D eigenvalue weighted by Gasteiger charge is 2.18. The standard InChI is InChI=1S/C20H18BrClN2O2/c1-3-24-11-17(19(25)16-10-15(22)8-9-18(16)24)20(26)23-12(2)13-4-6-14(21)7-5-13/h4-12H,3H2,1-2H3,(H,23,26)/t12-/m1/s1. The second kappa shape index (κ2) is 7.64. The van der Waals surface area contributed by atoms with Crippen molar-refractivity contribution in [2.75, 3.05) is 0 Å². The van der Waals surface area contributed by atoms with Crippen LogP contribution in [0, 0.1) is 0 Å². The number of pyridine rings is 1. The summed E-state index contributed by atoms with van der Waals surface area (Å²) in [6.07, 6.45) is 1.61. The Bertz CT molecular complexity index is 1030. The van der Waals surface area contributed by atoms with E-state index in [2.05, 4.69) is 21.2 Å². The molecule has 0 bridgehead atoms. The average Bonchev–Trinajstić information content (AvgIpc) is 2.62. The molecule has 0 aliphatic rings. The van der Waals surface area contributed by atoms with E-state index in [0.717, 1.165) is 15.6 Å². The number of nitrogens with one attached hydrogen (secondary N) is 1. The number of aryl methyl sites for hydroxylation is 1. The van der Waals surface area contributed by atoms with Crippen molar-refractivity contribution in [3.63, 3.8) is 0 Å². The maximum Gasteiger partial charge on any atom is 0.257 e. The third-order valence-electron chi connectivity index (χ3n) is 4.35. The fraction of sp³-hybridized carbons (Fsp3) is 0.200. The van der Waals surface area contributed by atoms with Crippen LogP contribution in [-0.2, 0) is 6.54 Å². The minimum absolute atomic E-state index is 0.116. The molecule has 1 atom stereocenters. The fourth-order valence-electron chi connectivity index (χ4n) is 2.90. The van der Waals surface area contributed by atoms with Gasteiger partial charge in [0.1, 0.15) is 5.56 Å². The Morgan fingerprint density at radius 3 is 2.58 bits per heavy atom. The molecule has 0 spiro atoms. The third-order valence-corrected chi connectivity index (χ3v) is 5.11. The molecule has 0 unspecified atom stereocenters. The van der Waals surface area contributed by atoms with Gasteiger partial charge in [-0.3, -0.25) is 9.59 Å². The van der Waals surface area contributed by atoms with Crippen molar-refractivity contribution in [3.05, 3.63) is 79.5 Å². The first kappa shape index (κ1) is 18.7. The normalized spacial score (nSPS) is 12.2. The number of carbonyl (C=O) groups is 1. The molecule has 0 saturated carbocycles. The van der Waals surface area contributed by atoms with Crippen molar-refractivity contribution >= 4 is 44.3 Å². The zero-order valence-electron chi connectivity index (χ0n) is 14.4. The van der Waals surface area contributed by atoms with Crippen LogP contribution in [0.15, 0.2) is 57.9 Å². The number of hydrogen-bond donors (Lipinski definition) is 1. The minimum atomic E-state index is -0.394. The first-order chi connectivity index (χ1) is 12.4. The van der Waals surface area contributed by atoms with Crippen LogP contribution in [0.25, 0.3) is 10.9 Å². The Kier molecular flexibility index (Phi) is 5.49. The van der Waals surface area contributed by atoms with E-state index >= 15 is 0 Å². The fourth-order valence-corrected chi connectivity index (χ4v) is 3.34. The molecule has 4 nitrogen and oxygen atoms in total. The highest BCUT2D eigenvalue weighted by Crippen LogP contribution is 2.19. The zero-order chi connectivity index (χ0) is 18.8. The monoisotopic (exact) mass is 432 g/mol. The lowest BCUT2D eigenvalue weighted by atomic mass is 10.1. The molecule has 0 saturated heterocycles. The Hall–Kier alpha value is -2.11. The molecule has 0 fully saturated rings. The predicted molar refractivity (Wildman–Crippen MR) is 109 cm³/mol. The molecular weight excluding hydrogens is 416 g/mol. The van der Waals surface area contributed by atoms with Crippen molar-refractivity contribution < 1.29 is 4.79 Å². The van der Waals surface area contributed by atoms with Gasteiger partial charge in [-0.25, -0.2) is 0 Å². The molecule has 0 radical (unpaired) electrons. The second-order valence-electron chi connectivity index (χ2n) is 6.07. The van der Waals surface area contributed by atoms with E-state index in [1.165, 1.54) is 0 Å². The molecule has 1 aromatic heterocycles. The van der Waals surface area contributed by atoms with Crippen LogP contribution in [0.4, 0.5) is 0 Å². The number of aromatic nitrogens is 1. The molecule has 0 aliphatic carbocycles. The van der Waals surface area contributed by atoms with Gasteiger partial charge >= 0.3 is 0 Å². The van der Waals surface area contributed by atoms with Gasteiger partial charge in [0.25, 0.3) is 5.91 Å². The van der Waals surface area contributed by atoms with Crippen LogP contribution in [0.5, 0.6) is 0 Å². The van der Waals surface area contributed by atoms with E-state index in [1.807, 2.05) is 42.7 Å². The lowest BCUT2D eigenvalue weighted by molar-refractivity contribution is 0.0938. The molecule has 1 N–H and O–H groups in total. The summed E-state index contributed by atoms with van der Waals surface area (Å²) in [6, 6.07) is 12.6. The Labute approximate surface area is 164 Å². The van der Waals surface area contributed by atoms with Gasteiger partial charge in [-0.15, -0.1) is 0 Å². The van der Waals surface area contributed by atoms with E-state index in [9.17, 15) is 9.59 Å². The molecule has 3 aromatic rings. The first-order valence-corrected chi connectivity index (χ1v) is 9.47. The van der Waals surface area contributed by atoms with E-state index in [1.54, 1.807) is 24.4 Å². The summed E-state index contributed by atoms with van der Waals surface area (Å²) in [6.45, 7) is 4.49. The predicted octanol–water partition coefficient (Wildman–Crippen LogP) is 4.93. The lowest BCUT2D eigenvalue weighted by Gasteiger charge is -2.16. The maximum absolute atomic E-state index is 12.8. The smallest absolute Gasteiger partial charge is 0.257 e. The van der Waals surface area contributed by atoms with Gasteiger partial charge in [-0.2, -0.15) is 0 Å². The lowest BCUT2D eigenvalue weighted by Crippen LogP contribution is -2.31. The van der Waals surface area contributed by atoms with E-state index < -0.39 is 5.91 Å². The van der Waals surface area contributed by atoms with Crippen LogP contribution in [0.1, 0.15) is 35.8 Å². The summed E-state index contributed by atoms with van der Waals surface area (Å²) < 4.78 is 2.85. The van der Waals surface area contributed by atoms with Crippen LogP contribution in [0.2, 0.25) is 5.02 Å². The molecule has 6 heteroatoms. The van der Waals surface area contributed by atoms with Gasteiger partial charge in [0, 0.05) is 27.6 Å². The maximum atomic E-state index is 12.8. The van der Waals surface area contributed by atoms with Crippen LogP contribution >= 0.6 is 27.5 Å². The minimum Gasteiger partial charge on any atom is -0.347 e. The van der Waals surface area contributed by atoms with Crippen LogP contribution < -0.4 is 10.7 Å². The third kappa shape index (κ3) is 3.69. The van der Waals surface area contributed by atoms with Gasteiger partial charge < -0.3 is 9.88 Å². The highest BCUT2D eigenvalue weighted by molar-refractivity contribution is 9.10. The molecule has 26 heavy (non-hydrogen) atoms. The Morgan fingerprint density at radius 2 is 1.92 bits per heavy atom. The van der Waals surface area contributed by atoms with Crippen molar-refractivity contribution in [1.82, 2.24) is 9.88 Å². The SMILES string of the molecule is CCn1cc(C(=O)N[C@H](C)c2ccc(Br)cc2)c(=O)c2cc(Cl)ccc21. The molecule has 0 aliphatic heterocycles. The van der Waals surface area contributed by atoms with Crippen LogP contribution in [-0.4, -0.2) is 10.5 Å². The van der Waals surface area contributed by atoms with Gasteiger partial charge in [0.15, 0.2) is 0 Å². The average molecular weight is 434 g/mol. The van der Waals surface area contributed by atoms with Crippen molar-refractivity contribution in [3.8, 4) is 0 Å². The molecular formula is C20H18BrClN2O2. The van der Waals surface area contributed by atoms with Gasteiger partial charge in [0.05, 0.1) is 11.6 Å². The van der Waals surface area contributed by atoms with Gasteiger partial charge in [-0.1, -0.05) is 39.7 Å². The molecule has 1 heterocycles. The summed E-state index contributed by atoms with van der Waals surface area (Å²) in [5.74, 6) is -0.394. The number of halogens is 2. The molecule has 3 rings (SSSR count). The number of carbonyl (C=O) groups excluding carboxylic acids is 1. The number of benzene rings is 2. The number of rotatable bonds is 4. The number of amides is 1. The van der Waals surface area contributed by atoms with E-state index in [-0.39, 0.29) is 17.0 Å². The van der Waals surface area contributed by atoms with Gasteiger partial charge in [-0.05, 0) is 49.7 Å². The molecule has 134 valence electrons. The topological polar surface area (TPSA) is 51.1 Å². The second-order valence-corrected chi connectivity index (χ2v) is 7.42. The number of nitrogens with zero attached hydrogens (tertiary/aromatic N) is 1. The van der Waals surface area contributed by atoms with E-state index in [0.29, 0.717) is 17.0 Å². The zero-order valence-corrected chi connectivity index (χ0v) is 16.8. The van der Waals surface area contributed by atoms with Crippen molar-refractivity contribution in [1.29, 1.82) is 0 Å². The summed E-state index contributed by atoms with van der Waals surface area (Å²) in [7, 11) is 0. The summed E-state index contributed by atoms with van der Waals surface area (Å²) in [4.78, 5) is 25.6. The summed E-state index contributed by atoms with van der Waals surface area (Å²) in [5, 5.41) is 3.82. The quantitative estimate of drug-likeness (QED) is 0.634. The van der Waals surface area contributed by atoms with E-state index in [4.69, 9.17) is 11.6 Å². The molecule has 1 amide bonds. The first-order valence-electron chi connectivity index (χ1n) is 8.29. The van der Waals surface area contributed by atoms with Crippen LogP contribution in [0.3, 0.4) is 0 Å². The van der Waals surface area contributed by atoms with Crippen molar-refractivity contribution in [2.24, 2.45) is 0 Å². The largest absolute Gasteiger partial charge is 0.347 e. The summed E-state index contributed by atoms with van der Waals surface area (Å²) in [5.41, 5.74) is 1.53. The highest BCUT2D eigenvalue weighted by atomic mass is 79.9. The van der Waals surface area contributed by atoms with Gasteiger partial charge in [0.2, 0.25) is 5.43 Å². The Morgan fingerprint density at radius 1 is 1.23 bits per heavy atom. The molecule has 2 aromatic carbocycles. The number of fused-ring (bicyclic) bond motifs is 1. The summed E-state index contributed by atoms with van der Waals surface area (Å²) >= 11 is 9.44.